The maximum absolute atomic E-state index is 11.3. The average molecular weight is 263 g/mol. The van der Waals surface area contributed by atoms with Crippen LogP contribution in [0.15, 0.2) is 45.6 Å². The van der Waals surface area contributed by atoms with E-state index in [1.165, 1.54) is 6.21 Å². The van der Waals surface area contributed by atoms with Crippen LogP contribution in [0.5, 0.6) is 0 Å². The first kappa shape index (κ1) is 12.0. The van der Waals surface area contributed by atoms with Gasteiger partial charge in [-0.05, 0) is 23.5 Å². The largest absolute Gasteiger partial charge is 0.845 e. The van der Waals surface area contributed by atoms with E-state index in [0.29, 0.717) is 10.7 Å². The van der Waals surface area contributed by atoms with E-state index in [-0.39, 0.29) is 4.87 Å². The lowest BCUT2D eigenvalue weighted by atomic mass is 10.4. The Balaban J connectivity index is 2.41. The molecule has 2 heterocycles. The average Bonchev–Trinajstić information content (AvgIpc) is 2.71. The molecule has 0 aliphatic rings. The summed E-state index contributed by atoms with van der Waals surface area (Å²) < 4.78 is 1.73. The van der Waals surface area contributed by atoms with E-state index in [4.69, 9.17) is 5.73 Å². The summed E-state index contributed by atoms with van der Waals surface area (Å²) in [6.45, 7) is 0. The Kier molecular flexibility index (Phi) is 3.49. The molecule has 0 aliphatic heterocycles. The number of rotatable bonds is 3. The molecule has 92 valence electrons. The Morgan fingerprint density at radius 2 is 2.17 bits per heavy atom. The van der Waals surface area contributed by atoms with Gasteiger partial charge in [0.15, 0.2) is 0 Å². The molecular formula is C10H9N5O2S. The fraction of sp³-hybridized carbons (Fsp3) is 0. The van der Waals surface area contributed by atoms with Gasteiger partial charge in [0.05, 0.1) is 24.6 Å². The van der Waals surface area contributed by atoms with E-state index < -0.39 is 6.02 Å². The summed E-state index contributed by atoms with van der Waals surface area (Å²) in [6, 6.07) is 4.62. The van der Waals surface area contributed by atoms with Crippen molar-refractivity contribution >= 4 is 23.6 Å². The molecule has 0 unspecified atom stereocenters. The Labute approximate surface area is 106 Å². The number of amidine groups is 1. The number of hydrogen-bond acceptors (Lipinski definition) is 5. The minimum Gasteiger partial charge on any atom is -0.845 e. The van der Waals surface area contributed by atoms with Gasteiger partial charge in [-0.2, -0.15) is 10.1 Å². The van der Waals surface area contributed by atoms with Gasteiger partial charge >= 0.3 is 10.7 Å². The third-order valence-electron chi connectivity index (χ3n) is 1.96. The number of nitrogens with one attached hydrogen (secondary N) is 1. The molecule has 2 aromatic heterocycles. The number of hydrogen-bond donors (Lipinski definition) is 2. The Bertz CT molecular complexity index is 640. The highest BCUT2D eigenvalue weighted by Gasteiger charge is 2.15. The van der Waals surface area contributed by atoms with E-state index in [1.54, 1.807) is 17.0 Å². The van der Waals surface area contributed by atoms with Gasteiger partial charge in [-0.15, -0.1) is 5.10 Å². The van der Waals surface area contributed by atoms with E-state index in [2.05, 4.69) is 15.2 Å². The zero-order chi connectivity index (χ0) is 13.0. The fourth-order valence-electron chi connectivity index (χ4n) is 1.30. The standard InChI is InChI=1S/C10H9N5O2S/c11-9(16)14-12-6-7-8(13-10(17)18-7)15-4-2-1-3-5-15/h1-6H,(H3-,11,12,13,14,16,17). The van der Waals surface area contributed by atoms with Gasteiger partial charge in [0, 0.05) is 0 Å². The minimum absolute atomic E-state index is 0.220. The zero-order valence-electron chi connectivity index (χ0n) is 9.11. The van der Waals surface area contributed by atoms with Crippen molar-refractivity contribution in [1.29, 1.82) is 0 Å². The van der Waals surface area contributed by atoms with Gasteiger partial charge in [-0.1, -0.05) is 6.07 Å². The maximum atomic E-state index is 11.3. The van der Waals surface area contributed by atoms with Crippen molar-refractivity contribution in [3.63, 3.8) is 0 Å². The van der Waals surface area contributed by atoms with Gasteiger partial charge in [0.1, 0.15) is 4.88 Å². The molecule has 0 aromatic carbocycles. The van der Waals surface area contributed by atoms with Gasteiger partial charge < -0.3 is 10.8 Å². The quantitative estimate of drug-likeness (QED) is 0.311. The number of aromatic amines is 1. The lowest BCUT2D eigenvalue weighted by Crippen LogP contribution is -2.31. The smallest absolute Gasteiger partial charge is 0.390 e. The highest BCUT2D eigenvalue weighted by atomic mass is 32.1. The van der Waals surface area contributed by atoms with Crippen LogP contribution >= 0.6 is 11.3 Å². The van der Waals surface area contributed by atoms with Gasteiger partial charge in [-0.3, -0.25) is 0 Å². The first-order chi connectivity index (χ1) is 8.66. The number of H-pyrrole nitrogens is 1. The number of nitrogens with zero attached hydrogens (tertiary/aromatic N) is 3. The van der Waals surface area contributed by atoms with Crippen LogP contribution in [0.4, 0.5) is 0 Å². The van der Waals surface area contributed by atoms with Crippen molar-refractivity contribution < 1.29 is 9.67 Å². The predicted octanol–water partition coefficient (Wildman–Crippen LogP) is -1.28. The molecule has 0 spiro atoms. The fourth-order valence-corrected chi connectivity index (χ4v) is 2.00. The normalized spacial score (nSPS) is 12.1. The number of thiazole rings is 1. The van der Waals surface area contributed by atoms with Crippen LogP contribution in [0.25, 0.3) is 5.82 Å². The Hall–Kier alpha value is -2.48. The highest BCUT2D eigenvalue weighted by Crippen LogP contribution is 2.05. The zero-order valence-corrected chi connectivity index (χ0v) is 9.92. The summed E-state index contributed by atoms with van der Waals surface area (Å²) in [5, 5.41) is 17.1. The van der Waals surface area contributed by atoms with Crippen LogP contribution in [0.3, 0.4) is 0 Å². The van der Waals surface area contributed by atoms with Crippen molar-refractivity contribution in [1.82, 2.24) is 4.98 Å². The maximum Gasteiger partial charge on any atom is 0.390 e. The molecule has 2 aromatic rings. The van der Waals surface area contributed by atoms with E-state index in [1.807, 2.05) is 18.2 Å². The summed E-state index contributed by atoms with van der Waals surface area (Å²) in [6.07, 6.45) is 4.86. The monoisotopic (exact) mass is 263 g/mol. The predicted molar refractivity (Wildman–Crippen MR) is 65.7 cm³/mol. The number of aromatic nitrogens is 2. The SMILES string of the molecule is N/C([O-])=N/N=C/c1sc(=O)[nH]c1-[n+]1ccccc1. The molecule has 7 nitrogen and oxygen atoms in total. The van der Waals surface area contributed by atoms with Gasteiger partial charge in [-0.25, -0.2) is 9.36 Å². The number of pyridine rings is 1. The molecule has 0 radical (unpaired) electrons. The Morgan fingerprint density at radius 3 is 2.83 bits per heavy atom. The molecule has 0 aliphatic carbocycles. The van der Waals surface area contributed by atoms with Crippen LogP contribution in [-0.4, -0.2) is 17.2 Å². The first-order valence-corrected chi connectivity index (χ1v) is 5.72. The van der Waals surface area contributed by atoms with Crippen molar-refractivity contribution in [2.75, 3.05) is 0 Å². The molecule has 0 fully saturated rings. The molecule has 2 rings (SSSR count). The lowest BCUT2D eigenvalue weighted by molar-refractivity contribution is -0.599. The molecule has 8 heteroatoms. The van der Waals surface area contributed by atoms with Crippen LogP contribution < -0.4 is 20.3 Å². The molecular weight excluding hydrogens is 254 g/mol. The van der Waals surface area contributed by atoms with Crippen molar-refractivity contribution in [3.05, 3.63) is 45.1 Å². The molecule has 0 saturated carbocycles. The summed E-state index contributed by atoms with van der Waals surface area (Å²) >= 11 is 0.967. The molecule has 0 saturated heterocycles. The third-order valence-corrected chi connectivity index (χ3v) is 2.77. The van der Waals surface area contributed by atoms with Crippen LogP contribution in [0, 0.1) is 0 Å². The van der Waals surface area contributed by atoms with E-state index in [0.717, 1.165) is 11.3 Å². The first-order valence-electron chi connectivity index (χ1n) is 4.90. The second-order valence-corrected chi connectivity index (χ2v) is 4.21. The topological polar surface area (TPSA) is 111 Å². The molecule has 18 heavy (non-hydrogen) atoms. The summed E-state index contributed by atoms with van der Waals surface area (Å²) in [4.78, 5) is 14.4. The van der Waals surface area contributed by atoms with Crippen molar-refractivity contribution in [2.24, 2.45) is 15.9 Å². The Morgan fingerprint density at radius 1 is 1.44 bits per heavy atom. The highest BCUT2D eigenvalue weighted by molar-refractivity contribution is 7.11. The second kappa shape index (κ2) is 5.23. The van der Waals surface area contributed by atoms with E-state index >= 15 is 0 Å². The molecule has 0 amide bonds. The van der Waals surface area contributed by atoms with Crippen LogP contribution in [-0.2, 0) is 0 Å². The molecule has 3 N–H and O–H groups in total. The van der Waals surface area contributed by atoms with Crippen LogP contribution in [0.1, 0.15) is 4.88 Å². The van der Waals surface area contributed by atoms with Crippen molar-refractivity contribution in [2.45, 2.75) is 0 Å². The van der Waals surface area contributed by atoms with Crippen molar-refractivity contribution in [3.8, 4) is 5.82 Å². The number of nitrogens with two attached hydrogens (primary N) is 1. The molecule has 0 atom stereocenters. The van der Waals surface area contributed by atoms with Crippen LogP contribution in [0.2, 0.25) is 0 Å². The van der Waals surface area contributed by atoms with E-state index in [9.17, 15) is 9.90 Å². The summed E-state index contributed by atoms with van der Waals surface area (Å²) in [7, 11) is 0. The summed E-state index contributed by atoms with van der Waals surface area (Å²) in [5.41, 5.74) is 4.82. The third kappa shape index (κ3) is 2.80. The van der Waals surface area contributed by atoms with Gasteiger partial charge in [0.25, 0.3) is 0 Å². The lowest BCUT2D eigenvalue weighted by Gasteiger charge is -1.96. The summed E-state index contributed by atoms with van der Waals surface area (Å²) in [5.74, 6) is 0.564. The second-order valence-electron chi connectivity index (χ2n) is 3.19. The van der Waals surface area contributed by atoms with Gasteiger partial charge in [0.2, 0.25) is 0 Å². The molecule has 0 bridgehead atoms. The minimum atomic E-state index is -0.886.